The van der Waals surface area contributed by atoms with Gasteiger partial charge in [0.1, 0.15) is 6.54 Å². The molecule has 3 heteroatoms. The molecule has 1 fully saturated rings. The molecule has 2 rings (SSSR count). The van der Waals surface area contributed by atoms with Gasteiger partial charge >= 0.3 is 0 Å². The van der Waals surface area contributed by atoms with E-state index in [1.165, 1.54) is 31.6 Å². The molecule has 1 aromatic carbocycles. The highest BCUT2D eigenvalue weighted by Crippen LogP contribution is 2.30. The second-order valence-corrected chi connectivity index (χ2v) is 6.87. The molecule has 0 aliphatic carbocycles. The lowest BCUT2D eigenvalue weighted by atomic mass is 10.1. The Labute approximate surface area is 122 Å². The largest absolute Gasteiger partial charge is 0.330 e. The van der Waals surface area contributed by atoms with Gasteiger partial charge in [-0.1, -0.05) is 43.6 Å². The fourth-order valence-electron chi connectivity index (χ4n) is 3.52. The van der Waals surface area contributed by atoms with Crippen molar-refractivity contribution in [3.8, 4) is 0 Å². The van der Waals surface area contributed by atoms with Crippen LogP contribution in [0, 0.1) is 11.8 Å². The number of benzene rings is 1. The average molecular weight is 282 g/mol. The van der Waals surface area contributed by atoms with Gasteiger partial charge < -0.3 is 10.2 Å². The van der Waals surface area contributed by atoms with Gasteiger partial charge in [-0.25, -0.2) is 0 Å². The van der Waals surface area contributed by atoms with Crippen LogP contribution >= 0.6 is 11.6 Å². The summed E-state index contributed by atoms with van der Waals surface area (Å²) < 4.78 is 1.16. The van der Waals surface area contributed by atoms with Gasteiger partial charge in [-0.05, 0) is 6.07 Å². The maximum absolute atomic E-state index is 6.34. The molecule has 1 saturated heterocycles. The van der Waals surface area contributed by atoms with Crippen molar-refractivity contribution in [3.63, 3.8) is 0 Å². The second-order valence-electron chi connectivity index (χ2n) is 6.46. The number of quaternary nitrogens is 1. The molecule has 106 valence electrons. The van der Waals surface area contributed by atoms with E-state index in [4.69, 9.17) is 17.3 Å². The minimum Gasteiger partial charge on any atom is -0.330 e. The summed E-state index contributed by atoms with van der Waals surface area (Å²) in [6.07, 6.45) is 1.26. The fraction of sp³-hybridized carbons (Fsp3) is 0.625. The van der Waals surface area contributed by atoms with E-state index in [9.17, 15) is 0 Å². The highest BCUT2D eigenvalue weighted by atomic mass is 35.5. The molecule has 1 heterocycles. The topological polar surface area (TPSA) is 26.0 Å². The van der Waals surface area contributed by atoms with E-state index in [1.807, 2.05) is 12.1 Å². The van der Waals surface area contributed by atoms with E-state index in [0.717, 1.165) is 22.6 Å². The van der Waals surface area contributed by atoms with E-state index in [2.05, 4.69) is 26.0 Å². The lowest BCUT2D eigenvalue weighted by Gasteiger charge is -2.36. The van der Waals surface area contributed by atoms with E-state index in [-0.39, 0.29) is 0 Å². The molecular weight excluding hydrogens is 256 g/mol. The first-order valence-corrected chi connectivity index (χ1v) is 7.71. The molecule has 2 nitrogen and oxygen atoms in total. The van der Waals surface area contributed by atoms with Gasteiger partial charge in [0, 0.05) is 35.4 Å². The smallest absolute Gasteiger partial charge is 0.106 e. The van der Waals surface area contributed by atoms with Crippen molar-refractivity contribution in [1.29, 1.82) is 0 Å². The minimum atomic E-state index is 0.682. The third-order valence-corrected chi connectivity index (χ3v) is 4.58. The number of halogens is 1. The van der Waals surface area contributed by atoms with Crippen molar-refractivity contribution in [1.82, 2.24) is 0 Å². The third kappa shape index (κ3) is 3.71. The van der Waals surface area contributed by atoms with Crippen LogP contribution in [0.2, 0.25) is 5.02 Å². The van der Waals surface area contributed by atoms with Crippen molar-refractivity contribution in [3.05, 3.63) is 34.9 Å². The molecule has 0 bridgehead atoms. The van der Waals surface area contributed by atoms with Crippen molar-refractivity contribution < 1.29 is 4.48 Å². The molecule has 19 heavy (non-hydrogen) atoms. The molecule has 0 saturated carbocycles. The molecular formula is C16H26ClN2+. The Hall–Kier alpha value is -0.570. The lowest BCUT2D eigenvalue weighted by Crippen LogP contribution is -2.48. The summed E-state index contributed by atoms with van der Waals surface area (Å²) in [6, 6.07) is 8.26. The van der Waals surface area contributed by atoms with Crippen LogP contribution in [0.1, 0.15) is 25.8 Å². The first-order chi connectivity index (χ1) is 9.04. The van der Waals surface area contributed by atoms with Gasteiger partial charge in [0.25, 0.3) is 0 Å². The lowest BCUT2D eigenvalue weighted by molar-refractivity contribution is -0.933. The fourth-order valence-corrected chi connectivity index (χ4v) is 3.71. The summed E-state index contributed by atoms with van der Waals surface area (Å²) >= 11 is 6.34. The van der Waals surface area contributed by atoms with Gasteiger partial charge in [0.2, 0.25) is 0 Å². The summed E-state index contributed by atoms with van der Waals surface area (Å²) in [4.78, 5) is 0. The summed E-state index contributed by atoms with van der Waals surface area (Å²) in [7, 11) is 0. The highest BCUT2D eigenvalue weighted by Gasteiger charge is 2.38. The quantitative estimate of drug-likeness (QED) is 0.824. The molecule has 0 aromatic heterocycles. The monoisotopic (exact) mass is 281 g/mol. The molecule has 1 aliphatic heterocycles. The summed E-state index contributed by atoms with van der Waals surface area (Å²) in [6.45, 7) is 10.2. The van der Waals surface area contributed by atoms with Gasteiger partial charge in [0.05, 0.1) is 19.6 Å². The predicted molar refractivity (Wildman–Crippen MR) is 82.0 cm³/mol. The normalized spacial score (nSPS) is 27.1. The predicted octanol–water partition coefficient (Wildman–Crippen LogP) is 3.29. The van der Waals surface area contributed by atoms with Crippen molar-refractivity contribution >= 4 is 11.6 Å². The number of hydrogen-bond donors (Lipinski definition) is 1. The maximum Gasteiger partial charge on any atom is 0.106 e. The molecule has 0 spiro atoms. The molecule has 1 aliphatic rings. The summed E-state index contributed by atoms with van der Waals surface area (Å²) in [5.41, 5.74) is 7.15. The van der Waals surface area contributed by atoms with Gasteiger partial charge in [0.15, 0.2) is 0 Å². The average Bonchev–Trinajstić information content (AvgIpc) is 2.75. The highest BCUT2D eigenvalue weighted by molar-refractivity contribution is 6.31. The Bertz CT molecular complexity index is 419. The molecule has 2 N–H and O–H groups in total. The van der Waals surface area contributed by atoms with Crippen LogP contribution in [0.25, 0.3) is 0 Å². The van der Waals surface area contributed by atoms with Crippen LogP contribution in [0.5, 0.6) is 0 Å². The first-order valence-electron chi connectivity index (χ1n) is 7.33. The van der Waals surface area contributed by atoms with E-state index < -0.39 is 0 Å². The van der Waals surface area contributed by atoms with Gasteiger partial charge in [-0.2, -0.15) is 0 Å². The van der Waals surface area contributed by atoms with Crippen LogP contribution in [0.3, 0.4) is 0 Å². The van der Waals surface area contributed by atoms with E-state index in [1.54, 1.807) is 0 Å². The maximum atomic E-state index is 6.34. The van der Waals surface area contributed by atoms with Crippen molar-refractivity contribution in [2.45, 2.75) is 26.8 Å². The van der Waals surface area contributed by atoms with Crippen molar-refractivity contribution in [2.75, 3.05) is 26.2 Å². The molecule has 1 unspecified atom stereocenters. The van der Waals surface area contributed by atoms with Crippen LogP contribution in [0.4, 0.5) is 0 Å². The number of nitrogens with zero attached hydrogens (tertiary/aromatic N) is 1. The van der Waals surface area contributed by atoms with Crippen molar-refractivity contribution in [2.24, 2.45) is 17.6 Å². The standard InChI is InChI=1S/C16H26ClN2/c1-13(2)10-19(8-7-14(9-18)11-19)12-15-5-3-4-6-16(15)17/h3-6,13-14H,7-12,18H2,1-2H3/q+1/t14-,19?/m1/s1. The third-order valence-electron chi connectivity index (χ3n) is 4.21. The van der Waals surface area contributed by atoms with Crippen LogP contribution in [-0.2, 0) is 6.54 Å². The van der Waals surface area contributed by atoms with Crippen LogP contribution in [-0.4, -0.2) is 30.7 Å². The minimum absolute atomic E-state index is 0.682. The Balaban J connectivity index is 2.17. The number of rotatable bonds is 5. The Morgan fingerprint density at radius 3 is 2.68 bits per heavy atom. The first kappa shape index (κ1) is 14.8. The van der Waals surface area contributed by atoms with E-state index in [0.29, 0.717) is 11.8 Å². The molecule has 0 radical (unpaired) electrons. The van der Waals surface area contributed by atoms with Gasteiger partial charge in [-0.15, -0.1) is 0 Å². The molecule has 0 amide bonds. The van der Waals surface area contributed by atoms with Gasteiger partial charge in [-0.3, -0.25) is 0 Å². The molecule has 1 aromatic rings. The Morgan fingerprint density at radius 2 is 2.11 bits per heavy atom. The second kappa shape index (κ2) is 6.25. The van der Waals surface area contributed by atoms with E-state index >= 15 is 0 Å². The number of likely N-dealkylation sites (tertiary alicyclic amines) is 1. The summed E-state index contributed by atoms with van der Waals surface area (Å²) in [5, 5.41) is 0.903. The SMILES string of the molecule is CC(C)C[N+]1(Cc2ccccc2Cl)CC[C@H](CN)C1. The van der Waals surface area contributed by atoms with Crippen LogP contribution in [0.15, 0.2) is 24.3 Å². The zero-order valence-electron chi connectivity index (χ0n) is 12.1. The Morgan fingerprint density at radius 1 is 1.37 bits per heavy atom. The van der Waals surface area contributed by atoms with Crippen LogP contribution < -0.4 is 5.73 Å². The molecule has 2 atom stereocenters. The zero-order valence-corrected chi connectivity index (χ0v) is 12.9. The summed E-state index contributed by atoms with van der Waals surface area (Å²) in [5.74, 6) is 1.39. The number of hydrogen-bond acceptors (Lipinski definition) is 1. The zero-order chi connectivity index (χ0) is 13.9. The number of nitrogens with two attached hydrogens (primary N) is 1. The Kier molecular flexibility index (Phi) is 4.88.